The summed E-state index contributed by atoms with van der Waals surface area (Å²) in [6.45, 7) is 0.0566. The minimum absolute atomic E-state index is 0.0546. The second-order valence-corrected chi connectivity index (χ2v) is 7.77. The number of para-hydroxylation sites is 3. The zero-order chi connectivity index (χ0) is 19.7. The SMILES string of the molecule is CN1CC(=O)N2[C@H](Cc3c([nH]c4ccccc34)[C@H]2C2Oc3ccccc3O2)C1=O. The number of fused-ring (bicyclic) bond motifs is 5. The Labute approximate surface area is 166 Å². The maximum absolute atomic E-state index is 13.1. The van der Waals surface area contributed by atoms with Gasteiger partial charge >= 0.3 is 0 Å². The normalized spacial score (nSPS) is 23.5. The van der Waals surface area contributed by atoms with E-state index in [2.05, 4.69) is 4.98 Å². The fourth-order valence-electron chi connectivity index (χ4n) is 4.79. The van der Waals surface area contributed by atoms with Gasteiger partial charge in [0.25, 0.3) is 6.29 Å². The van der Waals surface area contributed by atoms with Crippen molar-refractivity contribution in [2.45, 2.75) is 24.8 Å². The highest BCUT2D eigenvalue weighted by Gasteiger charge is 2.52. The summed E-state index contributed by atoms with van der Waals surface area (Å²) in [6, 6.07) is 14.4. The molecule has 0 spiro atoms. The smallest absolute Gasteiger partial charge is 0.267 e. The van der Waals surface area contributed by atoms with Crippen molar-refractivity contribution in [3.63, 3.8) is 0 Å². The van der Waals surface area contributed by atoms with Gasteiger partial charge in [-0.15, -0.1) is 0 Å². The summed E-state index contributed by atoms with van der Waals surface area (Å²) >= 11 is 0. The standard InChI is InChI=1S/C22H19N3O4/c1-24-11-18(26)25-15(21(24)27)10-13-12-6-2-3-7-14(12)23-19(13)20(25)22-28-16-8-4-5-9-17(16)29-22/h2-9,15,20,22-23H,10-11H2,1H3/t15-,20+/m1/s1. The highest BCUT2D eigenvalue weighted by atomic mass is 16.7. The molecule has 1 fully saturated rings. The van der Waals surface area contributed by atoms with Crippen LogP contribution in [0.5, 0.6) is 11.5 Å². The lowest BCUT2D eigenvalue weighted by molar-refractivity contribution is -0.165. The molecule has 2 atom stereocenters. The maximum Gasteiger partial charge on any atom is 0.267 e. The van der Waals surface area contributed by atoms with Gasteiger partial charge in [0, 0.05) is 30.1 Å². The van der Waals surface area contributed by atoms with E-state index in [-0.39, 0.29) is 18.4 Å². The van der Waals surface area contributed by atoms with Crippen LogP contribution in [0.2, 0.25) is 0 Å². The van der Waals surface area contributed by atoms with Gasteiger partial charge in [-0.25, -0.2) is 0 Å². The number of likely N-dealkylation sites (N-methyl/N-ethyl adjacent to an activating group) is 1. The molecule has 6 rings (SSSR count). The molecule has 146 valence electrons. The van der Waals surface area contributed by atoms with Crippen LogP contribution in [0.25, 0.3) is 10.9 Å². The summed E-state index contributed by atoms with van der Waals surface area (Å²) in [4.78, 5) is 32.7. The molecule has 0 aliphatic carbocycles. The Morgan fingerprint density at radius 2 is 1.69 bits per heavy atom. The van der Waals surface area contributed by atoms with Crippen molar-refractivity contribution >= 4 is 22.7 Å². The van der Waals surface area contributed by atoms with Crippen LogP contribution in [-0.4, -0.2) is 52.5 Å². The first-order valence-corrected chi connectivity index (χ1v) is 9.70. The number of H-pyrrole nitrogens is 1. The molecule has 1 N–H and O–H groups in total. The second-order valence-electron chi connectivity index (χ2n) is 7.77. The van der Waals surface area contributed by atoms with Gasteiger partial charge in [0.15, 0.2) is 11.5 Å². The Hall–Kier alpha value is -3.48. The number of hydrogen-bond acceptors (Lipinski definition) is 4. The number of amides is 2. The van der Waals surface area contributed by atoms with Gasteiger partial charge in [-0.2, -0.15) is 0 Å². The van der Waals surface area contributed by atoms with Crippen LogP contribution in [0.1, 0.15) is 17.3 Å². The van der Waals surface area contributed by atoms with Crippen LogP contribution in [0, 0.1) is 0 Å². The van der Waals surface area contributed by atoms with E-state index in [4.69, 9.17) is 9.47 Å². The summed E-state index contributed by atoms with van der Waals surface area (Å²) < 4.78 is 12.2. The molecule has 0 saturated carbocycles. The van der Waals surface area contributed by atoms with Crippen molar-refractivity contribution in [2.24, 2.45) is 0 Å². The first-order valence-electron chi connectivity index (χ1n) is 9.70. The van der Waals surface area contributed by atoms with E-state index in [0.717, 1.165) is 22.2 Å². The fraction of sp³-hybridized carbons (Fsp3) is 0.273. The monoisotopic (exact) mass is 389 g/mol. The van der Waals surface area contributed by atoms with Crippen molar-refractivity contribution in [1.29, 1.82) is 0 Å². The van der Waals surface area contributed by atoms with Gasteiger partial charge in [0.2, 0.25) is 11.8 Å². The van der Waals surface area contributed by atoms with E-state index >= 15 is 0 Å². The third-order valence-corrected chi connectivity index (χ3v) is 6.09. The van der Waals surface area contributed by atoms with E-state index < -0.39 is 18.4 Å². The first-order chi connectivity index (χ1) is 14.1. The third-order valence-electron chi connectivity index (χ3n) is 6.09. The molecule has 1 saturated heterocycles. The lowest BCUT2D eigenvalue weighted by Gasteiger charge is -2.46. The van der Waals surface area contributed by atoms with Crippen molar-refractivity contribution in [2.75, 3.05) is 13.6 Å². The quantitative estimate of drug-likeness (QED) is 0.693. The van der Waals surface area contributed by atoms with Crippen molar-refractivity contribution in [3.8, 4) is 11.5 Å². The Morgan fingerprint density at radius 3 is 2.45 bits per heavy atom. The first kappa shape index (κ1) is 16.5. The van der Waals surface area contributed by atoms with Gasteiger partial charge in [-0.1, -0.05) is 30.3 Å². The topological polar surface area (TPSA) is 74.9 Å². The molecule has 0 unspecified atom stereocenters. The number of aromatic nitrogens is 1. The Kier molecular flexibility index (Phi) is 3.27. The second kappa shape index (κ2) is 5.76. The molecule has 3 aliphatic heterocycles. The Balaban J connectivity index is 1.53. The predicted molar refractivity (Wildman–Crippen MR) is 105 cm³/mol. The minimum atomic E-state index is -0.720. The van der Waals surface area contributed by atoms with Gasteiger partial charge in [0.1, 0.15) is 12.1 Å². The van der Waals surface area contributed by atoms with E-state index in [1.54, 1.807) is 11.9 Å². The van der Waals surface area contributed by atoms with Gasteiger partial charge < -0.3 is 24.3 Å². The molecule has 7 nitrogen and oxygen atoms in total. The average Bonchev–Trinajstić information content (AvgIpc) is 3.31. The highest BCUT2D eigenvalue weighted by Crippen LogP contribution is 2.45. The van der Waals surface area contributed by atoms with Crippen LogP contribution >= 0.6 is 0 Å². The highest BCUT2D eigenvalue weighted by molar-refractivity contribution is 5.97. The molecule has 1 aromatic heterocycles. The molecule has 3 aliphatic rings. The van der Waals surface area contributed by atoms with Crippen molar-refractivity contribution < 1.29 is 19.1 Å². The lowest BCUT2D eigenvalue weighted by Crippen LogP contribution is -2.64. The van der Waals surface area contributed by atoms with E-state index in [1.165, 1.54) is 4.90 Å². The maximum atomic E-state index is 13.1. The molecule has 0 radical (unpaired) electrons. The molecule has 7 heteroatoms. The molecule has 29 heavy (non-hydrogen) atoms. The number of carbonyl (C=O) groups excluding carboxylic acids is 2. The van der Waals surface area contributed by atoms with Crippen LogP contribution in [0.4, 0.5) is 0 Å². The van der Waals surface area contributed by atoms with Gasteiger partial charge in [0.05, 0.1) is 6.54 Å². The summed E-state index contributed by atoms with van der Waals surface area (Å²) in [5, 5.41) is 1.07. The lowest BCUT2D eigenvalue weighted by atomic mass is 9.89. The number of benzene rings is 2. The summed E-state index contributed by atoms with van der Waals surface area (Å²) in [5.74, 6) is 1.13. The molecular formula is C22H19N3O4. The number of piperazine rings is 1. The fourth-order valence-corrected chi connectivity index (χ4v) is 4.79. The molecule has 2 aromatic carbocycles. The molecule has 3 aromatic rings. The molecule has 4 heterocycles. The molecule has 2 amide bonds. The van der Waals surface area contributed by atoms with Crippen LogP contribution in [0.3, 0.4) is 0 Å². The van der Waals surface area contributed by atoms with E-state index in [9.17, 15) is 9.59 Å². The number of nitrogens with zero attached hydrogens (tertiary/aromatic N) is 2. The van der Waals surface area contributed by atoms with Crippen molar-refractivity contribution in [1.82, 2.24) is 14.8 Å². The van der Waals surface area contributed by atoms with Crippen LogP contribution in [0.15, 0.2) is 48.5 Å². The number of nitrogens with one attached hydrogen (secondary N) is 1. The summed E-state index contributed by atoms with van der Waals surface area (Å²) in [7, 11) is 1.68. The number of carbonyl (C=O) groups is 2. The van der Waals surface area contributed by atoms with Gasteiger partial charge in [-0.3, -0.25) is 9.59 Å². The Morgan fingerprint density at radius 1 is 1.00 bits per heavy atom. The van der Waals surface area contributed by atoms with E-state index in [1.807, 2.05) is 48.5 Å². The van der Waals surface area contributed by atoms with Crippen LogP contribution in [-0.2, 0) is 16.0 Å². The van der Waals surface area contributed by atoms with Crippen LogP contribution < -0.4 is 9.47 Å². The summed E-state index contributed by atoms with van der Waals surface area (Å²) in [5.41, 5.74) is 2.91. The minimum Gasteiger partial charge on any atom is -0.448 e. The largest absolute Gasteiger partial charge is 0.448 e. The van der Waals surface area contributed by atoms with Gasteiger partial charge in [-0.05, 0) is 23.8 Å². The number of aromatic amines is 1. The zero-order valence-corrected chi connectivity index (χ0v) is 15.8. The summed E-state index contributed by atoms with van der Waals surface area (Å²) in [6.07, 6.45) is -0.244. The molecular weight excluding hydrogens is 370 g/mol. The number of rotatable bonds is 1. The number of hydrogen-bond donors (Lipinski definition) is 1. The number of ether oxygens (including phenoxy) is 2. The Bertz CT molecular complexity index is 1140. The predicted octanol–water partition coefficient (Wildman–Crippen LogP) is 2.23. The van der Waals surface area contributed by atoms with E-state index in [0.29, 0.717) is 17.9 Å². The third kappa shape index (κ3) is 2.24. The zero-order valence-electron chi connectivity index (χ0n) is 15.8. The molecule has 0 bridgehead atoms. The average molecular weight is 389 g/mol. The van der Waals surface area contributed by atoms with Crippen molar-refractivity contribution in [3.05, 3.63) is 59.8 Å².